The molecule has 46 heavy (non-hydrogen) atoms. The van der Waals surface area contributed by atoms with E-state index in [-0.39, 0.29) is 11.8 Å². The van der Waals surface area contributed by atoms with Crippen LogP contribution >= 0.6 is 47.0 Å². The van der Waals surface area contributed by atoms with Gasteiger partial charge >= 0.3 is 0 Å². The minimum absolute atomic E-state index is 0.0605. The fourth-order valence-electron chi connectivity index (χ4n) is 5.65. The zero-order valence-electron chi connectivity index (χ0n) is 25.6. The molecule has 0 aromatic heterocycles. The summed E-state index contributed by atoms with van der Waals surface area (Å²) >= 11 is 7.85. The van der Waals surface area contributed by atoms with Crippen LogP contribution in [0.25, 0.3) is 0 Å². The minimum atomic E-state index is 0.0605. The lowest BCUT2D eigenvalue weighted by atomic mass is 9.73. The molecular formula is C38H38O4S4. The average Bonchev–Trinajstić information content (AvgIpc) is 3.91. The summed E-state index contributed by atoms with van der Waals surface area (Å²) < 4.78 is 24.4. The van der Waals surface area contributed by atoms with Gasteiger partial charge in [-0.15, -0.1) is 0 Å². The van der Waals surface area contributed by atoms with Crippen LogP contribution in [0.4, 0.5) is 0 Å². The van der Waals surface area contributed by atoms with Gasteiger partial charge in [0.05, 0.1) is 0 Å². The number of hydrogen-bond acceptors (Lipinski definition) is 8. The van der Waals surface area contributed by atoms with E-state index >= 15 is 0 Å². The Morgan fingerprint density at radius 3 is 0.739 bits per heavy atom. The second-order valence-corrected chi connectivity index (χ2v) is 17.6. The third-order valence-electron chi connectivity index (χ3n) is 8.64. The van der Waals surface area contributed by atoms with E-state index in [2.05, 4.69) is 97.1 Å². The molecule has 8 heteroatoms. The molecular weight excluding hydrogens is 649 g/mol. The maximum absolute atomic E-state index is 6.11. The summed E-state index contributed by atoms with van der Waals surface area (Å²) in [5.41, 5.74) is 4.99. The van der Waals surface area contributed by atoms with Crippen molar-refractivity contribution in [1.82, 2.24) is 0 Å². The second-order valence-electron chi connectivity index (χ2n) is 12.3. The van der Waals surface area contributed by atoms with Gasteiger partial charge in [-0.25, -0.2) is 0 Å². The minimum Gasteiger partial charge on any atom is -0.492 e. The van der Waals surface area contributed by atoms with Crippen molar-refractivity contribution in [2.75, 3.05) is 49.4 Å². The first-order chi connectivity index (χ1) is 22.7. The fraction of sp³-hybridized carbons (Fsp3) is 0.368. The van der Waals surface area contributed by atoms with Crippen molar-refractivity contribution < 1.29 is 18.9 Å². The van der Waals surface area contributed by atoms with Gasteiger partial charge in [0.25, 0.3) is 0 Å². The summed E-state index contributed by atoms with van der Waals surface area (Å²) in [5, 5.41) is 2.56. The van der Waals surface area contributed by atoms with Crippen molar-refractivity contribution >= 4 is 47.0 Å². The third kappa shape index (κ3) is 8.49. The predicted molar refractivity (Wildman–Crippen MR) is 196 cm³/mol. The van der Waals surface area contributed by atoms with Crippen LogP contribution in [0.2, 0.25) is 0 Å². The molecule has 8 rings (SSSR count). The molecule has 4 aliphatic heterocycles. The Labute approximate surface area is 289 Å². The number of rotatable bonds is 17. The molecule has 238 valence electrons. The van der Waals surface area contributed by atoms with Gasteiger partial charge in [0.15, 0.2) is 0 Å². The standard InChI is InChI=1S/C38H38O4S4/c1-9-29(39-17-33-21-43-33)10-2-25(1)37(26-3-11-30(12-4-26)40-18-34-22-44-34)38(27-5-13-31(14-6-27)41-19-35-23-45-35)28-7-15-32(16-8-28)42-20-36-24-46-36/h1-16,33-38H,17-24H2. The molecule has 0 spiro atoms. The highest BCUT2D eigenvalue weighted by atomic mass is 32.2. The molecule has 0 bridgehead atoms. The van der Waals surface area contributed by atoms with Gasteiger partial charge < -0.3 is 18.9 Å². The van der Waals surface area contributed by atoms with E-state index in [1.165, 1.54) is 45.3 Å². The van der Waals surface area contributed by atoms with Crippen molar-refractivity contribution in [2.24, 2.45) is 0 Å². The van der Waals surface area contributed by atoms with Crippen LogP contribution in [0.3, 0.4) is 0 Å². The van der Waals surface area contributed by atoms with Crippen molar-refractivity contribution in [1.29, 1.82) is 0 Å². The summed E-state index contributed by atoms with van der Waals surface area (Å²) in [7, 11) is 0. The maximum Gasteiger partial charge on any atom is 0.119 e. The van der Waals surface area contributed by atoms with Crippen LogP contribution in [0.1, 0.15) is 34.1 Å². The van der Waals surface area contributed by atoms with E-state index in [0.717, 1.165) is 49.4 Å². The first-order valence-corrected chi connectivity index (χ1v) is 20.3. The molecule has 0 saturated carbocycles. The molecule has 4 aromatic rings. The Balaban J connectivity index is 1.13. The number of hydrogen-bond donors (Lipinski definition) is 0. The number of thioether (sulfide) groups is 4. The van der Waals surface area contributed by atoms with Crippen LogP contribution in [0, 0.1) is 0 Å². The molecule has 4 saturated heterocycles. The Morgan fingerprint density at radius 2 is 0.565 bits per heavy atom. The highest BCUT2D eigenvalue weighted by Crippen LogP contribution is 2.45. The van der Waals surface area contributed by atoms with Crippen LogP contribution < -0.4 is 18.9 Å². The van der Waals surface area contributed by atoms with Crippen LogP contribution in [-0.2, 0) is 0 Å². The third-order valence-corrected chi connectivity index (χ3v) is 12.4. The Hall–Kier alpha value is -2.52. The first-order valence-electron chi connectivity index (χ1n) is 16.1. The van der Waals surface area contributed by atoms with E-state index in [9.17, 15) is 0 Å². The first kappa shape index (κ1) is 30.8. The average molecular weight is 687 g/mol. The van der Waals surface area contributed by atoms with E-state index in [1.54, 1.807) is 0 Å². The summed E-state index contributed by atoms with van der Waals surface area (Å²) in [5.74, 6) is 8.65. The van der Waals surface area contributed by atoms with Gasteiger partial charge in [0.2, 0.25) is 0 Å². The van der Waals surface area contributed by atoms with Gasteiger partial charge in [-0.2, -0.15) is 47.0 Å². The molecule has 4 fully saturated rings. The quantitative estimate of drug-likeness (QED) is 0.102. The SMILES string of the molecule is c1cc(C(c2ccc(OCC3CS3)cc2)C(c2ccc(OCC3CS3)cc2)c2ccc(OCC3CS3)cc2)ccc1OCC1CS1. The lowest BCUT2D eigenvalue weighted by Gasteiger charge is -2.30. The largest absolute Gasteiger partial charge is 0.492 e. The van der Waals surface area contributed by atoms with Crippen LogP contribution in [0.5, 0.6) is 23.0 Å². The summed E-state index contributed by atoms with van der Waals surface area (Å²) in [6.45, 7) is 3.11. The maximum atomic E-state index is 6.11. The van der Waals surface area contributed by atoms with Crippen molar-refractivity contribution in [3.8, 4) is 23.0 Å². The lowest BCUT2D eigenvalue weighted by Crippen LogP contribution is -2.15. The monoisotopic (exact) mass is 686 g/mol. The van der Waals surface area contributed by atoms with Gasteiger partial charge in [-0.1, -0.05) is 48.5 Å². The number of benzene rings is 4. The lowest BCUT2D eigenvalue weighted by molar-refractivity contribution is 0.329. The summed E-state index contributed by atoms with van der Waals surface area (Å²) in [6.07, 6.45) is 0. The van der Waals surface area contributed by atoms with E-state index in [1.807, 2.05) is 47.0 Å². The highest BCUT2D eigenvalue weighted by molar-refractivity contribution is 8.07. The van der Waals surface area contributed by atoms with Crippen molar-refractivity contribution in [2.45, 2.75) is 32.8 Å². The van der Waals surface area contributed by atoms with E-state index in [0.29, 0.717) is 21.0 Å². The second kappa shape index (κ2) is 14.3. The van der Waals surface area contributed by atoms with E-state index in [4.69, 9.17) is 18.9 Å². The predicted octanol–water partition coefficient (Wildman–Crippen LogP) is 8.63. The Morgan fingerprint density at radius 1 is 0.370 bits per heavy atom. The molecule has 4 unspecified atom stereocenters. The van der Waals surface area contributed by atoms with Gasteiger partial charge in [-0.05, 0) is 70.8 Å². The Bertz CT molecular complexity index is 1320. The van der Waals surface area contributed by atoms with E-state index < -0.39 is 0 Å². The molecule has 0 amide bonds. The van der Waals surface area contributed by atoms with Crippen LogP contribution in [0.15, 0.2) is 97.1 Å². The van der Waals surface area contributed by atoms with Crippen molar-refractivity contribution in [3.63, 3.8) is 0 Å². The molecule has 4 heterocycles. The fourth-order valence-corrected chi connectivity index (χ4v) is 7.24. The van der Waals surface area contributed by atoms with Crippen LogP contribution in [-0.4, -0.2) is 70.4 Å². The zero-order chi connectivity index (χ0) is 30.7. The van der Waals surface area contributed by atoms with Gasteiger partial charge in [0.1, 0.15) is 49.4 Å². The molecule has 0 N–H and O–H groups in total. The molecule has 0 aliphatic carbocycles. The molecule has 4 atom stereocenters. The number of ether oxygens (including phenoxy) is 4. The topological polar surface area (TPSA) is 36.9 Å². The van der Waals surface area contributed by atoms with Crippen molar-refractivity contribution in [3.05, 3.63) is 119 Å². The smallest absolute Gasteiger partial charge is 0.119 e. The molecule has 4 nitrogen and oxygen atoms in total. The van der Waals surface area contributed by atoms with Gasteiger partial charge in [-0.3, -0.25) is 0 Å². The van der Waals surface area contributed by atoms with Gasteiger partial charge in [0, 0.05) is 55.8 Å². The molecule has 4 aromatic carbocycles. The summed E-state index contributed by atoms with van der Waals surface area (Å²) in [6, 6.07) is 35.1. The zero-order valence-corrected chi connectivity index (χ0v) is 28.9. The normalized spacial score (nSPS) is 23.6. The Kier molecular flexibility index (Phi) is 9.58. The molecule has 4 aliphatic rings. The highest BCUT2D eigenvalue weighted by Gasteiger charge is 2.30. The summed E-state index contributed by atoms with van der Waals surface area (Å²) in [4.78, 5) is 0. The molecule has 0 radical (unpaired) electrons.